The molecule has 0 spiro atoms. The molecule has 0 saturated heterocycles. The van der Waals surface area contributed by atoms with Crippen molar-refractivity contribution in [3.8, 4) is 0 Å². The summed E-state index contributed by atoms with van der Waals surface area (Å²) in [5, 5.41) is 3.17. The number of halogens is 1. The lowest BCUT2D eigenvalue weighted by Gasteiger charge is -2.21. The normalized spacial score (nSPS) is 10.6. The molecule has 1 N–H and O–H groups in total. The average Bonchev–Trinajstić information content (AvgIpc) is 2.69. The molecule has 0 saturated carbocycles. The monoisotopic (exact) mass is 392 g/mol. The van der Waals surface area contributed by atoms with Crippen LogP contribution in [0.4, 0.5) is 15.9 Å². The van der Waals surface area contributed by atoms with Crippen molar-refractivity contribution in [2.45, 2.75) is 27.2 Å². The van der Waals surface area contributed by atoms with Crippen LogP contribution in [0.2, 0.25) is 0 Å². The molecule has 0 aliphatic rings. The zero-order chi connectivity index (χ0) is 20.8. The zero-order valence-corrected chi connectivity index (χ0v) is 16.9. The largest absolute Gasteiger partial charge is 0.370 e. The Morgan fingerprint density at radius 3 is 2.59 bits per heavy atom. The summed E-state index contributed by atoms with van der Waals surface area (Å²) in [6.07, 6.45) is 0.517. The standard InChI is InChI=1S/C23H25FN4O/c1-4-28(19-10-7-8-16(2)14-19)23(29)21-15-22(27-17(3)26-21)25-13-12-18-9-5-6-11-20(18)24/h5-11,14-15H,4,12-13H2,1-3H3,(H,25,26,27). The van der Waals surface area contributed by atoms with Gasteiger partial charge in [-0.15, -0.1) is 0 Å². The van der Waals surface area contributed by atoms with Gasteiger partial charge in [0.1, 0.15) is 23.2 Å². The van der Waals surface area contributed by atoms with Crippen LogP contribution in [0.3, 0.4) is 0 Å². The molecule has 150 valence electrons. The highest BCUT2D eigenvalue weighted by Crippen LogP contribution is 2.19. The molecular formula is C23H25FN4O. The number of carbonyl (C=O) groups excluding carboxylic acids is 1. The van der Waals surface area contributed by atoms with Crippen LogP contribution in [0, 0.1) is 19.7 Å². The Morgan fingerprint density at radius 2 is 1.86 bits per heavy atom. The van der Waals surface area contributed by atoms with Crippen LogP contribution >= 0.6 is 0 Å². The van der Waals surface area contributed by atoms with Gasteiger partial charge in [-0.3, -0.25) is 4.79 Å². The molecular weight excluding hydrogens is 367 g/mol. The van der Waals surface area contributed by atoms with E-state index in [0.717, 1.165) is 11.3 Å². The fourth-order valence-electron chi connectivity index (χ4n) is 3.17. The number of amides is 1. The van der Waals surface area contributed by atoms with Gasteiger partial charge in [0.2, 0.25) is 0 Å². The zero-order valence-electron chi connectivity index (χ0n) is 16.9. The topological polar surface area (TPSA) is 58.1 Å². The summed E-state index contributed by atoms with van der Waals surface area (Å²) < 4.78 is 13.8. The number of aryl methyl sites for hydroxylation is 2. The van der Waals surface area contributed by atoms with Crippen molar-refractivity contribution in [1.29, 1.82) is 0 Å². The van der Waals surface area contributed by atoms with E-state index in [1.54, 1.807) is 30.0 Å². The van der Waals surface area contributed by atoms with Gasteiger partial charge >= 0.3 is 0 Å². The first-order chi connectivity index (χ1) is 14.0. The summed E-state index contributed by atoms with van der Waals surface area (Å²) in [4.78, 5) is 23.5. The van der Waals surface area contributed by atoms with E-state index in [-0.39, 0.29) is 11.7 Å². The maximum absolute atomic E-state index is 13.8. The molecule has 6 heteroatoms. The molecule has 1 heterocycles. The van der Waals surface area contributed by atoms with Crippen LogP contribution in [-0.2, 0) is 6.42 Å². The number of hydrogen-bond acceptors (Lipinski definition) is 4. The first-order valence-electron chi connectivity index (χ1n) is 9.69. The minimum atomic E-state index is -0.222. The third kappa shape index (κ3) is 5.16. The Bertz CT molecular complexity index is 1010. The summed E-state index contributed by atoms with van der Waals surface area (Å²) in [6, 6.07) is 16.2. The molecule has 0 radical (unpaired) electrons. The van der Waals surface area contributed by atoms with Gasteiger partial charge in [-0.1, -0.05) is 30.3 Å². The van der Waals surface area contributed by atoms with Crippen LogP contribution in [0.1, 0.15) is 34.4 Å². The molecule has 1 aromatic heterocycles. The van der Waals surface area contributed by atoms with Crippen molar-refractivity contribution >= 4 is 17.4 Å². The van der Waals surface area contributed by atoms with Crippen LogP contribution in [0.5, 0.6) is 0 Å². The molecule has 0 unspecified atom stereocenters. The Hall–Kier alpha value is -3.28. The van der Waals surface area contributed by atoms with E-state index in [0.29, 0.717) is 42.4 Å². The number of nitrogens with one attached hydrogen (secondary N) is 1. The smallest absolute Gasteiger partial charge is 0.277 e. The summed E-state index contributed by atoms with van der Waals surface area (Å²) >= 11 is 0. The van der Waals surface area contributed by atoms with E-state index < -0.39 is 0 Å². The third-order valence-corrected chi connectivity index (χ3v) is 4.59. The van der Waals surface area contributed by atoms with Crippen LogP contribution < -0.4 is 10.2 Å². The average molecular weight is 392 g/mol. The predicted molar refractivity (Wildman–Crippen MR) is 114 cm³/mol. The second-order valence-corrected chi connectivity index (χ2v) is 6.84. The number of aromatic nitrogens is 2. The molecule has 3 aromatic rings. The lowest BCUT2D eigenvalue weighted by molar-refractivity contribution is 0.0983. The van der Waals surface area contributed by atoms with Gasteiger partial charge in [0.05, 0.1) is 0 Å². The number of carbonyl (C=O) groups is 1. The second-order valence-electron chi connectivity index (χ2n) is 6.84. The summed E-state index contributed by atoms with van der Waals surface area (Å²) in [7, 11) is 0. The number of benzene rings is 2. The van der Waals surface area contributed by atoms with E-state index in [1.165, 1.54) is 6.07 Å². The lowest BCUT2D eigenvalue weighted by Crippen LogP contribution is -2.31. The van der Waals surface area contributed by atoms with Crippen LogP contribution in [-0.4, -0.2) is 29.0 Å². The molecule has 0 aliphatic carbocycles. The van der Waals surface area contributed by atoms with Crippen molar-refractivity contribution in [2.24, 2.45) is 0 Å². The molecule has 2 aromatic carbocycles. The van der Waals surface area contributed by atoms with Crippen molar-refractivity contribution in [1.82, 2.24) is 9.97 Å². The molecule has 3 rings (SSSR count). The van der Waals surface area contributed by atoms with Gasteiger partial charge in [0.15, 0.2) is 0 Å². The number of anilines is 2. The molecule has 1 amide bonds. The second kappa shape index (κ2) is 9.28. The van der Waals surface area contributed by atoms with E-state index in [1.807, 2.05) is 44.2 Å². The van der Waals surface area contributed by atoms with Crippen molar-refractivity contribution < 1.29 is 9.18 Å². The molecule has 29 heavy (non-hydrogen) atoms. The van der Waals surface area contributed by atoms with Crippen molar-refractivity contribution in [2.75, 3.05) is 23.3 Å². The van der Waals surface area contributed by atoms with Gasteiger partial charge in [-0.2, -0.15) is 0 Å². The van der Waals surface area contributed by atoms with Crippen LogP contribution in [0.15, 0.2) is 54.6 Å². The fraction of sp³-hybridized carbons (Fsp3) is 0.261. The maximum Gasteiger partial charge on any atom is 0.277 e. The molecule has 0 atom stereocenters. The van der Waals surface area contributed by atoms with Gasteiger partial charge in [-0.05, 0) is 56.5 Å². The maximum atomic E-state index is 13.8. The SMILES string of the molecule is CCN(C(=O)c1cc(NCCc2ccccc2F)nc(C)n1)c1cccc(C)c1. The van der Waals surface area contributed by atoms with Crippen molar-refractivity contribution in [3.05, 3.63) is 83.1 Å². The number of rotatable bonds is 7. The summed E-state index contributed by atoms with van der Waals surface area (Å²) in [6.45, 7) is 6.71. The van der Waals surface area contributed by atoms with E-state index in [9.17, 15) is 9.18 Å². The quantitative estimate of drug-likeness (QED) is 0.641. The molecule has 5 nitrogen and oxygen atoms in total. The lowest BCUT2D eigenvalue weighted by atomic mass is 10.1. The number of hydrogen-bond donors (Lipinski definition) is 1. The molecule has 0 bridgehead atoms. The minimum Gasteiger partial charge on any atom is -0.370 e. The fourth-order valence-corrected chi connectivity index (χ4v) is 3.17. The Kier molecular flexibility index (Phi) is 6.54. The highest BCUT2D eigenvalue weighted by Gasteiger charge is 2.19. The Balaban J connectivity index is 1.75. The first-order valence-corrected chi connectivity index (χ1v) is 9.69. The van der Waals surface area contributed by atoms with Gasteiger partial charge in [-0.25, -0.2) is 14.4 Å². The summed E-state index contributed by atoms with van der Waals surface area (Å²) in [5.41, 5.74) is 2.89. The van der Waals surface area contributed by atoms with Gasteiger partial charge < -0.3 is 10.2 Å². The van der Waals surface area contributed by atoms with E-state index >= 15 is 0 Å². The van der Waals surface area contributed by atoms with Gasteiger partial charge in [0.25, 0.3) is 5.91 Å². The predicted octanol–water partition coefficient (Wildman–Crippen LogP) is 4.55. The van der Waals surface area contributed by atoms with Crippen molar-refractivity contribution in [3.63, 3.8) is 0 Å². The van der Waals surface area contributed by atoms with E-state index in [4.69, 9.17) is 0 Å². The Labute approximate surface area is 170 Å². The van der Waals surface area contributed by atoms with E-state index in [2.05, 4.69) is 15.3 Å². The highest BCUT2D eigenvalue weighted by molar-refractivity contribution is 6.05. The third-order valence-electron chi connectivity index (χ3n) is 4.59. The van der Waals surface area contributed by atoms with Crippen LogP contribution in [0.25, 0.3) is 0 Å². The Morgan fingerprint density at radius 1 is 1.07 bits per heavy atom. The highest BCUT2D eigenvalue weighted by atomic mass is 19.1. The minimum absolute atomic E-state index is 0.180. The molecule has 0 aliphatic heterocycles. The first kappa shape index (κ1) is 20.5. The number of nitrogens with zero attached hydrogens (tertiary/aromatic N) is 3. The molecule has 0 fully saturated rings. The van der Waals surface area contributed by atoms with Gasteiger partial charge in [0, 0.05) is 24.8 Å². The summed E-state index contributed by atoms with van der Waals surface area (Å²) in [5.74, 6) is 0.656.